The third-order valence-corrected chi connectivity index (χ3v) is 5.44. The van der Waals surface area contributed by atoms with Gasteiger partial charge in [-0.1, -0.05) is 60.7 Å². The van der Waals surface area contributed by atoms with Crippen molar-refractivity contribution in [2.45, 2.75) is 12.3 Å². The summed E-state index contributed by atoms with van der Waals surface area (Å²) in [7, 11) is 0. The minimum atomic E-state index is -0.342. The van der Waals surface area contributed by atoms with Gasteiger partial charge >= 0.3 is 0 Å². The second-order valence-electron chi connectivity index (χ2n) is 7.25. The van der Waals surface area contributed by atoms with Crippen molar-refractivity contribution in [3.8, 4) is 11.5 Å². The van der Waals surface area contributed by atoms with Gasteiger partial charge in [-0.2, -0.15) is 0 Å². The molecule has 0 aromatic heterocycles. The van der Waals surface area contributed by atoms with Crippen molar-refractivity contribution < 1.29 is 14.3 Å². The minimum absolute atomic E-state index is 0.0513. The van der Waals surface area contributed by atoms with Gasteiger partial charge in [0, 0.05) is 23.9 Å². The Hall–Kier alpha value is -3.53. The van der Waals surface area contributed by atoms with Crippen molar-refractivity contribution in [1.82, 2.24) is 5.32 Å². The molecule has 0 bridgehead atoms. The molecule has 0 amide bonds. The van der Waals surface area contributed by atoms with E-state index in [0.717, 1.165) is 46.9 Å². The Labute approximate surface area is 169 Å². The molecule has 0 unspecified atom stereocenters. The molecule has 0 aliphatic carbocycles. The molecule has 1 N–H and O–H groups in total. The van der Waals surface area contributed by atoms with Crippen molar-refractivity contribution in [1.29, 1.82) is 0 Å². The highest BCUT2D eigenvalue weighted by Crippen LogP contribution is 2.38. The number of ketones is 1. The first kappa shape index (κ1) is 17.6. The number of benzene rings is 3. The Bertz CT molecular complexity index is 1030. The first-order valence-electron chi connectivity index (χ1n) is 9.82. The highest BCUT2D eigenvalue weighted by atomic mass is 16.7. The van der Waals surface area contributed by atoms with Crippen molar-refractivity contribution in [3.63, 3.8) is 0 Å². The Kier molecular flexibility index (Phi) is 4.53. The van der Waals surface area contributed by atoms with Crippen LogP contribution < -0.4 is 14.8 Å². The minimum Gasteiger partial charge on any atom is -0.454 e. The van der Waals surface area contributed by atoms with Gasteiger partial charge in [0.1, 0.15) is 0 Å². The van der Waals surface area contributed by atoms with Crippen LogP contribution in [-0.2, 0) is 11.2 Å². The van der Waals surface area contributed by atoms with Crippen molar-refractivity contribution in [2.75, 3.05) is 13.3 Å². The van der Waals surface area contributed by atoms with Crippen LogP contribution >= 0.6 is 0 Å². The van der Waals surface area contributed by atoms with Gasteiger partial charge in [-0.3, -0.25) is 4.79 Å². The maximum atomic E-state index is 13.5. The summed E-state index contributed by atoms with van der Waals surface area (Å²) in [5, 5.41) is 3.40. The molecule has 0 atom stereocenters. The van der Waals surface area contributed by atoms with Gasteiger partial charge in [0.2, 0.25) is 6.79 Å². The van der Waals surface area contributed by atoms with Gasteiger partial charge in [0.25, 0.3) is 0 Å². The van der Waals surface area contributed by atoms with E-state index in [1.54, 1.807) is 6.08 Å². The average molecular weight is 383 g/mol. The first-order chi connectivity index (χ1) is 14.3. The zero-order chi connectivity index (χ0) is 19.6. The van der Waals surface area contributed by atoms with Gasteiger partial charge in [-0.15, -0.1) is 0 Å². The molecule has 3 aromatic rings. The fourth-order valence-corrected chi connectivity index (χ4v) is 4.04. The van der Waals surface area contributed by atoms with E-state index >= 15 is 0 Å². The van der Waals surface area contributed by atoms with Crippen molar-refractivity contribution in [2.24, 2.45) is 0 Å². The number of hydrogen-bond acceptors (Lipinski definition) is 4. The lowest BCUT2D eigenvalue weighted by Gasteiger charge is -2.22. The van der Waals surface area contributed by atoms with E-state index in [2.05, 4.69) is 5.32 Å². The van der Waals surface area contributed by atoms with E-state index in [4.69, 9.17) is 9.47 Å². The molecule has 2 aliphatic rings. The normalized spacial score (nSPS) is 15.8. The Balaban J connectivity index is 1.55. The summed E-state index contributed by atoms with van der Waals surface area (Å²) in [5.41, 5.74) is 4.99. The molecular formula is C25H21NO3. The average Bonchev–Trinajstić information content (AvgIpc) is 3.22. The predicted octanol–water partition coefficient (Wildman–Crippen LogP) is 4.30. The molecule has 5 rings (SSSR count). The Morgan fingerprint density at radius 1 is 0.897 bits per heavy atom. The zero-order valence-electron chi connectivity index (χ0n) is 15.9. The molecule has 0 radical (unpaired) electrons. The fourth-order valence-electron chi connectivity index (χ4n) is 4.04. The van der Waals surface area contributed by atoms with Crippen LogP contribution in [0.4, 0.5) is 0 Å². The summed E-state index contributed by atoms with van der Waals surface area (Å²) in [4.78, 5) is 13.5. The Morgan fingerprint density at radius 2 is 1.52 bits per heavy atom. The van der Waals surface area contributed by atoms with E-state index in [0.29, 0.717) is 0 Å². The number of fused-ring (bicyclic) bond motifs is 2. The SMILES string of the molecule is O=C(/C=C1\NCCc2cc3c(cc21)OCO3)C(c1ccccc1)c1ccccc1. The smallest absolute Gasteiger partial charge is 0.231 e. The Morgan fingerprint density at radius 3 is 2.17 bits per heavy atom. The molecule has 4 nitrogen and oxygen atoms in total. The van der Waals surface area contributed by atoms with E-state index in [1.165, 1.54) is 5.56 Å². The summed E-state index contributed by atoms with van der Waals surface area (Å²) in [6.07, 6.45) is 2.63. The van der Waals surface area contributed by atoms with Crippen molar-refractivity contribution >= 4 is 11.5 Å². The molecule has 2 aliphatic heterocycles. The van der Waals surface area contributed by atoms with Gasteiger partial charge in [0.05, 0.1) is 5.92 Å². The summed E-state index contributed by atoms with van der Waals surface area (Å²) < 4.78 is 11.0. The van der Waals surface area contributed by atoms with Gasteiger partial charge < -0.3 is 14.8 Å². The number of ether oxygens (including phenoxy) is 2. The topological polar surface area (TPSA) is 47.6 Å². The quantitative estimate of drug-likeness (QED) is 0.683. The van der Waals surface area contributed by atoms with Crippen LogP contribution in [0.2, 0.25) is 0 Å². The molecule has 0 spiro atoms. The van der Waals surface area contributed by atoms with Crippen LogP contribution in [-0.4, -0.2) is 19.1 Å². The summed E-state index contributed by atoms with van der Waals surface area (Å²) in [6, 6.07) is 23.9. The van der Waals surface area contributed by atoms with E-state index in [9.17, 15) is 4.79 Å². The van der Waals surface area contributed by atoms with Crippen molar-refractivity contribution in [3.05, 3.63) is 101 Å². The third-order valence-electron chi connectivity index (χ3n) is 5.44. The van der Waals surface area contributed by atoms with E-state index in [-0.39, 0.29) is 18.5 Å². The molecule has 3 aromatic carbocycles. The molecule has 2 heterocycles. The number of carbonyl (C=O) groups is 1. The highest BCUT2D eigenvalue weighted by molar-refractivity contribution is 6.03. The second-order valence-corrected chi connectivity index (χ2v) is 7.25. The van der Waals surface area contributed by atoms with Crippen LogP contribution in [0.15, 0.2) is 78.9 Å². The van der Waals surface area contributed by atoms with Gasteiger partial charge in [-0.05, 0) is 35.2 Å². The molecule has 0 fully saturated rings. The monoisotopic (exact) mass is 383 g/mol. The van der Waals surface area contributed by atoms with E-state index < -0.39 is 0 Å². The van der Waals surface area contributed by atoms with E-state index in [1.807, 2.05) is 72.8 Å². The van der Waals surface area contributed by atoms with Crippen LogP contribution in [0.5, 0.6) is 11.5 Å². The summed E-state index contributed by atoms with van der Waals surface area (Å²) >= 11 is 0. The number of carbonyl (C=O) groups excluding carboxylic acids is 1. The molecule has 4 heteroatoms. The number of allylic oxidation sites excluding steroid dienone is 1. The number of nitrogens with one attached hydrogen (secondary N) is 1. The predicted molar refractivity (Wildman–Crippen MR) is 112 cm³/mol. The molecular weight excluding hydrogens is 362 g/mol. The summed E-state index contributed by atoms with van der Waals surface area (Å²) in [6.45, 7) is 1.03. The lowest BCUT2D eigenvalue weighted by Crippen LogP contribution is -2.24. The van der Waals surface area contributed by atoms with Crippen LogP contribution in [0.25, 0.3) is 5.70 Å². The molecule has 0 saturated carbocycles. The van der Waals surface area contributed by atoms with Crippen LogP contribution in [0.1, 0.15) is 28.2 Å². The maximum absolute atomic E-state index is 13.5. The number of hydrogen-bond donors (Lipinski definition) is 1. The van der Waals surface area contributed by atoms with Crippen LogP contribution in [0, 0.1) is 0 Å². The zero-order valence-corrected chi connectivity index (χ0v) is 15.9. The van der Waals surface area contributed by atoms with Gasteiger partial charge in [-0.25, -0.2) is 0 Å². The highest BCUT2D eigenvalue weighted by Gasteiger charge is 2.25. The first-order valence-corrected chi connectivity index (χ1v) is 9.82. The lowest BCUT2D eigenvalue weighted by atomic mass is 9.86. The molecule has 0 saturated heterocycles. The lowest BCUT2D eigenvalue weighted by molar-refractivity contribution is -0.115. The molecule has 144 valence electrons. The standard InChI is InChI=1S/C25H21NO3/c27-22(25(17-7-3-1-4-8-17)18-9-5-2-6-10-18)15-21-20-14-24-23(28-16-29-24)13-19(20)11-12-26-21/h1-10,13-15,25-26H,11-12,16H2/b21-15-. The largest absolute Gasteiger partial charge is 0.454 e. The van der Waals surface area contributed by atoms with Gasteiger partial charge in [0.15, 0.2) is 17.3 Å². The van der Waals surface area contributed by atoms with Crippen LogP contribution in [0.3, 0.4) is 0 Å². The fraction of sp³-hybridized carbons (Fsp3) is 0.160. The number of rotatable bonds is 4. The molecule has 29 heavy (non-hydrogen) atoms. The third kappa shape index (κ3) is 3.38. The summed E-state index contributed by atoms with van der Waals surface area (Å²) in [5.74, 6) is 1.22. The second kappa shape index (κ2) is 7.47. The maximum Gasteiger partial charge on any atom is 0.231 e.